The number of rotatable bonds is 8. The molecule has 0 aromatic carbocycles. The fourth-order valence-corrected chi connectivity index (χ4v) is 1.91. The van der Waals surface area contributed by atoms with Gasteiger partial charge in [-0.1, -0.05) is 6.92 Å². The van der Waals surface area contributed by atoms with Crippen LogP contribution in [0.3, 0.4) is 0 Å². The van der Waals surface area contributed by atoms with Gasteiger partial charge in [-0.3, -0.25) is 0 Å². The molecule has 1 atom stereocenters. The Bertz CT molecular complexity index is 451. The molecule has 2 rings (SSSR count). The van der Waals surface area contributed by atoms with E-state index in [1.54, 1.807) is 0 Å². The van der Waals surface area contributed by atoms with Gasteiger partial charge in [0.25, 0.3) is 0 Å². The first-order chi connectivity index (χ1) is 10.1. The Hall–Kier alpha value is -1.67. The highest BCUT2D eigenvalue weighted by Gasteiger charge is 2.32. The van der Waals surface area contributed by atoms with Gasteiger partial charge in [0.1, 0.15) is 5.60 Å². The van der Waals surface area contributed by atoms with Gasteiger partial charge in [0.15, 0.2) is 0 Å². The molecule has 21 heavy (non-hydrogen) atoms. The van der Waals surface area contributed by atoms with Gasteiger partial charge >= 0.3 is 6.01 Å². The van der Waals surface area contributed by atoms with Crippen molar-refractivity contribution in [3.8, 4) is 6.01 Å². The van der Waals surface area contributed by atoms with Crippen molar-refractivity contribution in [1.82, 2.24) is 15.0 Å². The summed E-state index contributed by atoms with van der Waals surface area (Å²) >= 11 is 0. The Morgan fingerprint density at radius 3 is 2.62 bits per heavy atom. The van der Waals surface area contributed by atoms with E-state index in [9.17, 15) is 5.11 Å². The second-order valence-electron chi connectivity index (χ2n) is 5.02. The van der Waals surface area contributed by atoms with E-state index in [-0.39, 0.29) is 6.01 Å². The third-order valence-corrected chi connectivity index (χ3v) is 3.04. The molecule has 1 fully saturated rings. The molecule has 1 aromatic heterocycles. The lowest BCUT2D eigenvalue weighted by molar-refractivity contribution is 0.0380. The summed E-state index contributed by atoms with van der Waals surface area (Å²) in [4.78, 5) is 12.6. The van der Waals surface area contributed by atoms with E-state index in [0.717, 1.165) is 6.42 Å². The van der Waals surface area contributed by atoms with E-state index in [1.165, 1.54) is 0 Å². The van der Waals surface area contributed by atoms with Crippen LogP contribution in [0.25, 0.3) is 0 Å². The third-order valence-electron chi connectivity index (χ3n) is 3.04. The minimum atomic E-state index is -0.866. The first-order valence-corrected chi connectivity index (χ1v) is 7.32. The topological polar surface area (TPSA) is 101 Å². The molecule has 1 saturated heterocycles. The summed E-state index contributed by atoms with van der Waals surface area (Å²) in [6, 6.07) is 0.278. The van der Waals surface area contributed by atoms with E-state index < -0.39 is 5.60 Å². The first-order valence-electron chi connectivity index (χ1n) is 7.32. The molecule has 1 unspecified atom stereocenters. The summed E-state index contributed by atoms with van der Waals surface area (Å²) in [5.74, 6) is 0.836. The normalized spacial score (nSPS) is 21.3. The third kappa shape index (κ3) is 4.68. The van der Waals surface area contributed by atoms with Gasteiger partial charge in [0, 0.05) is 26.1 Å². The van der Waals surface area contributed by atoms with Gasteiger partial charge < -0.3 is 25.2 Å². The van der Waals surface area contributed by atoms with Crippen molar-refractivity contribution >= 4 is 11.9 Å². The summed E-state index contributed by atoms with van der Waals surface area (Å²) in [5, 5.41) is 16.3. The molecule has 0 saturated carbocycles. The number of nitrogens with zero attached hydrogens (tertiary/aromatic N) is 3. The van der Waals surface area contributed by atoms with Crippen LogP contribution in [0.15, 0.2) is 0 Å². The van der Waals surface area contributed by atoms with Crippen LogP contribution in [0.1, 0.15) is 26.7 Å². The molecule has 0 amide bonds. The second kappa shape index (κ2) is 7.37. The Balaban J connectivity index is 2.03. The van der Waals surface area contributed by atoms with Crippen molar-refractivity contribution in [2.24, 2.45) is 0 Å². The highest BCUT2D eigenvalue weighted by atomic mass is 16.5. The summed E-state index contributed by atoms with van der Waals surface area (Å²) in [6.45, 7) is 6.45. The second-order valence-corrected chi connectivity index (χ2v) is 5.02. The summed E-state index contributed by atoms with van der Waals surface area (Å²) in [7, 11) is 0. The maximum Gasteiger partial charge on any atom is 0.323 e. The number of aliphatic hydroxyl groups is 1. The van der Waals surface area contributed by atoms with Crippen molar-refractivity contribution < 1.29 is 14.6 Å². The van der Waals surface area contributed by atoms with Crippen LogP contribution in [0.4, 0.5) is 11.9 Å². The van der Waals surface area contributed by atoms with Gasteiger partial charge in [-0.25, -0.2) is 0 Å². The number of nitrogens with one attached hydrogen (secondary N) is 2. The molecule has 0 spiro atoms. The Labute approximate surface area is 124 Å². The maximum atomic E-state index is 10.2. The van der Waals surface area contributed by atoms with E-state index in [0.29, 0.717) is 51.2 Å². The standard InChI is InChI=1S/C13H23N5O3/c1-3-6-21-12-17-10(14-4-2)16-11(18-12)15-8-13(19)5-7-20-9-13/h19H,3-9H2,1-2H3,(H2,14,15,16,17,18). The Kier molecular flexibility index (Phi) is 5.51. The smallest absolute Gasteiger partial charge is 0.323 e. The summed E-state index contributed by atoms with van der Waals surface area (Å²) in [5.41, 5.74) is -0.866. The van der Waals surface area contributed by atoms with Crippen molar-refractivity contribution in [2.45, 2.75) is 32.3 Å². The van der Waals surface area contributed by atoms with Gasteiger partial charge in [-0.2, -0.15) is 15.0 Å². The van der Waals surface area contributed by atoms with E-state index >= 15 is 0 Å². The van der Waals surface area contributed by atoms with Crippen LogP contribution in [-0.2, 0) is 4.74 Å². The highest BCUT2D eigenvalue weighted by Crippen LogP contribution is 2.19. The lowest BCUT2D eigenvalue weighted by atomic mass is 10.0. The van der Waals surface area contributed by atoms with Crippen LogP contribution < -0.4 is 15.4 Å². The van der Waals surface area contributed by atoms with Crippen molar-refractivity contribution in [3.63, 3.8) is 0 Å². The summed E-state index contributed by atoms with van der Waals surface area (Å²) in [6.07, 6.45) is 1.48. The predicted molar refractivity (Wildman–Crippen MR) is 78.7 cm³/mol. The first kappa shape index (κ1) is 15.7. The fraction of sp³-hybridized carbons (Fsp3) is 0.769. The van der Waals surface area contributed by atoms with Crippen molar-refractivity contribution in [2.75, 3.05) is 43.5 Å². The van der Waals surface area contributed by atoms with Gasteiger partial charge in [0.05, 0.1) is 13.2 Å². The molecular formula is C13H23N5O3. The van der Waals surface area contributed by atoms with E-state index in [4.69, 9.17) is 9.47 Å². The Morgan fingerprint density at radius 1 is 1.24 bits per heavy atom. The molecule has 0 radical (unpaired) electrons. The van der Waals surface area contributed by atoms with Crippen LogP contribution >= 0.6 is 0 Å². The fourth-order valence-electron chi connectivity index (χ4n) is 1.91. The lowest BCUT2D eigenvalue weighted by Crippen LogP contribution is -2.37. The van der Waals surface area contributed by atoms with Gasteiger partial charge in [-0.15, -0.1) is 0 Å². The minimum Gasteiger partial charge on any atom is -0.463 e. The zero-order valence-corrected chi connectivity index (χ0v) is 12.6. The SMILES string of the molecule is CCCOc1nc(NCC)nc(NCC2(O)CCOC2)n1. The molecule has 1 aromatic rings. The predicted octanol–water partition coefficient (Wildman–Crippen LogP) is 0.655. The monoisotopic (exact) mass is 297 g/mol. The average molecular weight is 297 g/mol. The van der Waals surface area contributed by atoms with Gasteiger partial charge in [0.2, 0.25) is 11.9 Å². The average Bonchev–Trinajstić information content (AvgIpc) is 2.91. The van der Waals surface area contributed by atoms with Crippen LogP contribution in [0.5, 0.6) is 6.01 Å². The molecule has 118 valence electrons. The molecular weight excluding hydrogens is 274 g/mol. The molecule has 0 bridgehead atoms. The number of hydrogen-bond donors (Lipinski definition) is 3. The molecule has 8 nitrogen and oxygen atoms in total. The molecule has 3 N–H and O–H groups in total. The number of aromatic nitrogens is 3. The molecule has 2 heterocycles. The molecule has 1 aliphatic heterocycles. The van der Waals surface area contributed by atoms with Crippen LogP contribution in [0, 0.1) is 0 Å². The van der Waals surface area contributed by atoms with Crippen LogP contribution in [-0.4, -0.2) is 58.6 Å². The number of hydrogen-bond acceptors (Lipinski definition) is 8. The minimum absolute atomic E-state index is 0.278. The van der Waals surface area contributed by atoms with E-state index in [2.05, 4.69) is 25.6 Å². The van der Waals surface area contributed by atoms with Crippen molar-refractivity contribution in [1.29, 1.82) is 0 Å². The largest absolute Gasteiger partial charge is 0.463 e. The van der Waals surface area contributed by atoms with Gasteiger partial charge in [-0.05, 0) is 13.3 Å². The van der Waals surface area contributed by atoms with Crippen LogP contribution in [0.2, 0.25) is 0 Å². The van der Waals surface area contributed by atoms with Crippen molar-refractivity contribution in [3.05, 3.63) is 0 Å². The van der Waals surface area contributed by atoms with E-state index in [1.807, 2.05) is 13.8 Å². The molecule has 1 aliphatic rings. The zero-order valence-electron chi connectivity index (χ0n) is 12.6. The lowest BCUT2D eigenvalue weighted by Gasteiger charge is -2.20. The number of anilines is 2. The molecule has 8 heteroatoms. The highest BCUT2D eigenvalue weighted by molar-refractivity contribution is 5.36. The maximum absolute atomic E-state index is 10.2. The molecule has 0 aliphatic carbocycles. The quantitative estimate of drug-likeness (QED) is 0.643. The summed E-state index contributed by atoms with van der Waals surface area (Å²) < 4.78 is 10.7. The zero-order chi connectivity index (χ0) is 15.1. The Morgan fingerprint density at radius 2 is 2.00 bits per heavy atom. The number of ether oxygens (including phenoxy) is 2.